The van der Waals surface area contributed by atoms with E-state index in [0.717, 1.165) is 5.56 Å². The van der Waals surface area contributed by atoms with Crippen molar-refractivity contribution in [2.45, 2.75) is 25.1 Å². The van der Waals surface area contributed by atoms with Crippen LogP contribution in [-0.4, -0.2) is 17.7 Å². The van der Waals surface area contributed by atoms with Gasteiger partial charge < -0.3 is 15.4 Å². The van der Waals surface area contributed by atoms with Crippen LogP contribution in [0.3, 0.4) is 0 Å². The molecule has 8 heteroatoms. The van der Waals surface area contributed by atoms with Gasteiger partial charge in [0.15, 0.2) is 5.72 Å². The van der Waals surface area contributed by atoms with E-state index in [-0.39, 0.29) is 23.8 Å². The van der Waals surface area contributed by atoms with Gasteiger partial charge in [0, 0.05) is 28.3 Å². The Kier molecular flexibility index (Phi) is 4.78. The normalized spacial score (nSPS) is 21.3. The number of anilines is 2. The molecule has 32 heavy (non-hydrogen) atoms. The minimum Gasteiger partial charge on any atom is -0.467 e. The molecule has 2 aliphatic heterocycles. The summed E-state index contributed by atoms with van der Waals surface area (Å²) in [5.41, 5.74) is 1.24. The first-order valence-electron chi connectivity index (χ1n) is 10.1. The fourth-order valence-electron chi connectivity index (χ4n) is 4.26. The van der Waals surface area contributed by atoms with Crippen LogP contribution in [0.5, 0.6) is 5.75 Å². The average Bonchev–Trinajstić information content (AvgIpc) is 2.75. The van der Waals surface area contributed by atoms with Crippen LogP contribution in [0, 0.1) is 5.82 Å². The van der Waals surface area contributed by atoms with Gasteiger partial charge in [0.2, 0.25) is 0 Å². The minimum absolute atomic E-state index is 0.226. The van der Waals surface area contributed by atoms with E-state index >= 15 is 0 Å². The second-order valence-electron chi connectivity index (χ2n) is 8.01. The molecule has 3 aromatic carbocycles. The second-order valence-corrected chi connectivity index (χ2v) is 8.45. The van der Waals surface area contributed by atoms with Gasteiger partial charge in [-0.05, 0) is 67.6 Å². The van der Waals surface area contributed by atoms with Gasteiger partial charge in [-0.1, -0.05) is 17.7 Å². The van der Waals surface area contributed by atoms with Crippen molar-refractivity contribution in [1.29, 1.82) is 0 Å². The van der Waals surface area contributed by atoms with Crippen LogP contribution in [0.1, 0.15) is 35.3 Å². The molecule has 2 unspecified atom stereocenters. The van der Waals surface area contributed by atoms with Crippen LogP contribution in [0.4, 0.5) is 20.6 Å². The highest BCUT2D eigenvalue weighted by atomic mass is 35.5. The molecule has 5 rings (SSSR count). The molecule has 0 aliphatic carbocycles. The molecule has 0 saturated carbocycles. The highest BCUT2D eigenvalue weighted by Crippen LogP contribution is 2.46. The summed E-state index contributed by atoms with van der Waals surface area (Å²) in [6.07, 6.45) is 0.512. The lowest BCUT2D eigenvalue weighted by Crippen LogP contribution is -2.65. The summed E-state index contributed by atoms with van der Waals surface area (Å²) in [4.78, 5) is 27.3. The molecule has 2 N–H and O–H groups in total. The molecular weight excluding hydrogens is 433 g/mol. The zero-order chi connectivity index (χ0) is 22.5. The molecule has 162 valence electrons. The Labute approximate surface area is 188 Å². The van der Waals surface area contributed by atoms with E-state index in [1.54, 1.807) is 42.5 Å². The SMILES string of the molecule is CC12CC(NC(=O)N1c1cccc(C(=O)Nc3ccc(F)cc3)c1)c1cc(Cl)ccc1O2. The number of nitrogens with zero attached hydrogens (tertiary/aromatic N) is 1. The third-order valence-electron chi connectivity index (χ3n) is 5.70. The number of benzene rings is 3. The first-order valence-corrected chi connectivity index (χ1v) is 10.5. The van der Waals surface area contributed by atoms with Crippen LogP contribution in [0.15, 0.2) is 66.7 Å². The van der Waals surface area contributed by atoms with E-state index < -0.39 is 5.72 Å². The van der Waals surface area contributed by atoms with Crippen LogP contribution in [0.25, 0.3) is 0 Å². The highest BCUT2D eigenvalue weighted by molar-refractivity contribution is 6.30. The molecular formula is C24H19ClFN3O3. The average molecular weight is 452 g/mol. The standard InChI is InChI=1S/C24H19ClFN3O3/c1-24-13-20(19-12-15(25)5-10-21(19)32-24)28-23(31)29(24)18-4-2-3-14(11-18)22(30)27-17-8-6-16(26)7-9-17/h2-12,20H,13H2,1H3,(H,27,30)(H,28,31). The largest absolute Gasteiger partial charge is 0.467 e. The number of ether oxygens (including phenoxy) is 1. The van der Waals surface area contributed by atoms with Gasteiger partial charge in [-0.15, -0.1) is 0 Å². The lowest BCUT2D eigenvalue weighted by atomic mass is 9.90. The van der Waals surface area contributed by atoms with Crippen molar-refractivity contribution < 1.29 is 18.7 Å². The Hall–Kier alpha value is -3.58. The van der Waals surface area contributed by atoms with Gasteiger partial charge in [0.25, 0.3) is 5.91 Å². The molecule has 0 aromatic heterocycles. The number of fused-ring (bicyclic) bond motifs is 4. The maximum Gasteiger partial charge on any atom is 0.325 e. The molecule has 1 fully saturated rings. The number of urea groups is 1. The first kappa shape index (κ1) is 20.3. The van der Waals surface area contributed by atoms with Crippen molar-refractivity contribution in [1.82, 2.24) is 5.32 Å². The zero-order valence-electron chi connectivity index (χ0n) is 17.1. The van der Waals surface area contributed by atoms with Gasteiger partial charge in [0.05, 0.1) is 11.7 Å². The van der Waals surface area contributed by atoms with E-state index in [1.165, 1.54) is 29.2 Å². The van der Waals surface area contributed by atoms with Gasteiger partial charge in [-0.2, -0.15) is 0 Å². The zero-order valence-corrected chi connectivity index (χ0v) is 17.8. The summed E-state index contributed by atoms with van der Waals surface area (Å²) < 4.78 is 19.4. The molecule has 2 heterocycles. The lowest BCUT2D eigenvalue weighted by molar-refractivity contribution is 0.0378. The topological polar surface area (TPSA) is 70.7 Å². The van der Waals surface area contributed by atoms with E-state index in [9.17, 15) is 14.0 Å². The summed E-state index contributed by atoms with van der Waals surface area (Å²) >= 11 is 6.13. The molecule has 2 bridgehead atoms. The number of halogens is 2. The summed E-state index contributed by atoms with van der Waals surface area (Å²) in [6.45, 7) is 1.85. The lowest BCUT2D eigenvalue weighted by Gasteiger charge is -2.50. The summed E-state index contributed by atoms with van der Waals surface area (Å²) in [5, 5.41) is 6.32. The predicted octanol–water partition coefficient (Wildman–Crippen LogP) is 5.50. The second kappa shape index (κ2) is 7.53. The molecule has 0 spiro atoms. The fourth-order valence-corrected chi connectivity index (χ4v) is 4.44. The Bertz CT molecular complexity index is 1230. The van der Waals surface area contributed by atoms with Crippen LogP contribution in [-0.2, 0) is 0 Å². The number of hydrogen-bond acceptors (Lipinski definition) is 3. The third-order valence-corrected chi connectivity index (χ3v) is 5.94. The van der Waals surface area contributed by atoms with E-state index in [4.69, 9.17) is 16.3 Å². The van der Waals surface area contributed by atoms with Gasteiger partial charge in [-0.25, -0.2) is 9.18 Å². The van der Waals surface area contributed by atoms with Gasteiger partial charge in [0.1, 0.15) is 11.6 Å². The molecule has 2 atom stereocenters. The number of hydrogen-bond donors (Lipinski definition) is 2. The van der Waals surface area contributed by atoms with Crippen molar-refractivity contribution in [2.24, 2.45) is 0 Å². The maximum absolute atomic E-state index is 13.1. The van der Waals surface area contributed by atoms with Gasteiger partial charge in [-0.3, -0.25) is 9.69 Å². The number of amides is 3. The Morgan fingerprint density at radius 2 is 1.97 bits per heavy atom. The van der Waals surface area contributed by atoms with Crippen LogP contribution < -0.4 is 20.3 Å². The van der Waals surface area contributed by atoms with Crippen molar-refractivity contribution in [3.05, 3.63) is 88.7 Å². The van der Waals surface area contributed by atoms with Crippen molar-refractivity contribution in [2.75, 3.05) is 10.2 Å². The number of carbonyl (C=O) groups is 2. The maximum atomic E-state index is 13.1. The smallest absolute Gasteiger partial charge is 0.325 e. The fraction of sp³-hybridized carbons (Fsp3) is 0.167. The summed E-state index contributed by atoms with van der Waals surface area (Å²) in [6, 6.07) is 17.0. The molecule has 2 aliphatic rings. The highest BCUT2D eigenvalue weighted by Gasteiger charge is 2.49. The van der Waals surface area contributed by atoms with E-state index in [0.29, 0.717) is 34.1 Å². The number of carbonyl (C=O) groups excluding carboxylic acids is 2. The summed E-state index contributed by atoms with van der Waals surface area (Å²) in [5.74, 6) is -0.101. The van der Waals surface area contributed by atoms with Crippen LogP contribution >= 0.6 is 11.6 Å². The molecule has 3 aromatic rings. The molecule has 1 saturated heterocycles. The summed E-state index contributed by atoms with van der Waals surface area (Å²) in [7, 11) is 0. The quantitative estimate of drug-likeness (QED) is 0.552. The number of rotatable bonds is 3. The first-order chi connectivity index (χ1) is 15.3. The Morgan fingerprint density at radius 1 is 1.19 bits per heavy atom. The molecule has 6 nitrogen and oxygen atoms in total. The van der Waals surface area contributed by atoms with Crippen molar-refractivity contribution in [3.63, 3.8) is 0 Å². The van der Waals surface area contributed by atoms with Crippen molar-refractivity contribution in [3.8, 4) is 5.75 Å². The monoisotopic (exact) mass is 451 g/mol. The minimum atomic E-state index is -0.945. The van der Waals surface area contributed by atoms with Gasteiger partial charge >= 0.3 is 6.03 Å². The Morgan fingerprint density at radius 3 is 2.75 bits per heavy atom. The molecule has 0 radical (unpaired) electrons. The third kappa shape index (κ3) is 3.54. The molecule has 3 amide bonds. The van der Waals surface area contributed by atoms with E-state index in [1.807, 2.05) is 6.92 Å². The Balaban J connectivity index is 1.45. The van der Waals surface area contributed by atoms with Crippen LogP contribution in [0.2, 0.25) is 5.02 Å². The number of nitrogens with one attached hydrogen (secondary N) is 2. The van der Waals surface area contributed by atoms with E-state index in [2.05, 4.69) is 10.6 Å². The van der Waals surface area contributed by atoms with Crippen molar-refractivity contribution >= 4 is 34.9 Å². The predicted molar refractivity (Wildman–Crippen MR) is 120 cm³/mol.